The minimum absolute atomic E-state index is 0.0138. The molecule has 15 heavy (non-hydrogen) atoms. The molecule has 0 heterocycles. The van der Waals surface area contributed by atoms with Crippen molar-refractivity contribution in [1.29, 1.82) is 0 Å². The molecule has 0 aliphatic heterocycles. The summed E-state index contributed by atoms with van der Waals surface area (Å²) >= 11 is 0. The topological polar surface area (TPSA) is 20.2 Å². The Morgan fingerprint density at radius 3 is 2.27 bits per heavy atom. The van der Waals surface area contributed by atoms with Crippen LogP contribution < -0.4 is 0 Å². The maximum Gasteiger partial charge on any atom is 0.0566 e. The van der Waals surface area contributed by atoms with Crippen molar-refractivity contribution in [3.8, 4) is 0 Å². The van der Waals surface area contributed by atoms with Crippen LogP contribution in [0.2, 0.25) is 0 Å². The third-order valence-electron chi connectivity index (χ3n) is 4.95. The maximum atomic E-state index is 9.76. The molecule has 0 aromatic carbocycles. The average molecular weight is 210 g/mol. The second-order valence-electron chi connectivity index (χ2n) is 6.04. The van der Waals surface area contributed by atoms with E-state index in [1.807, 2.05) is 0 Å². The van der Waals surface area contributed by atoms with Crippen molar-refractivity contribution in [1.82, 2.24) is 0 Å². The predicted octanol–water partition coefficient (Wildman–Crippen LogP) is 3.61. The van der Waals surface area contributed by atoms with Crippen molar-refractivity contribution < 1.29 is 5.11 Å². The minimum Gasteiger partial charge on any atom is -0.393 e. The fraction of sp³-hybridized carbons (Fsp3) is 1.00. The Kier molecular flexibility index (Phi) is 3.71. The Balaban J connectivity index is 1.92. The highest BCUT2D eigenvalue weighted by atomic mass is 16.3. The van der Waals surface area contributed by atoms with Crippen LogP contribution in [0.15, 0.2) is 0 Å². The van der Waals surface area contributed by atoms with Gasteiger partial charge in [-0.2, -0.15) is 0 Å². The molecule has 0 radical (unpaired) electrons. The van der Waals surface area contributed by atoms with Gasteiger partial charge in [-0.25, -0.2) is 0 Å². The van der Waals surface area contributed by atoms with Gasteiger partial charge in [-0.05, 0) is 49.4 Å². The van der Waals surface area contributed by atoms with Gasteiger partial charge in [0.2, 0.25) is 0 Å². The SMILES string of the molecule is C[C@H]1CC([C@@H]2CCCC[C@@H]2C)CC[C@@H]1O. The Hall–Kier alpha value is -0.0400. The van der Waals surface area contributed by atoms with Crippen LogP contribution in [0.1, 0.15) is 58.8 Å². The number of rotatable bonds is 1. The summed E-state index contributed by atoms with van der Waals surface area (Å²) in [5, 5.41) is 9.76. The van der Waals surface area contributed by atoms with Gasteiger partial charge in [-0.1, -0.05) is 33.1 Å². The molecule has 2 aliphatic carbocycles. The van der Waals surface area contributed by atoms with Crippen molar-refractivity contribution in [3.63, 3.8) is 0 Å². The molecule has 88 valence electrons. The molecule has 1 heteroatoms. The lowest BCUT2D eigenvalue weighted by Crippen LogP contribution is -2.34. The molecular formula is C14H26O. The van der Waals surface area contributed by atoms with Crippen molar-refractivity contribution >= 4 is 0 Å². The molecule has 2 saturated carbocycles. The molecule has 0 aromatic heterocycles. The van der Waals surface area contributed by atoms with Crippen LogP contribution in [0.4, 0.5) is 0 Å². The van der Waals surface area contributed by atoms with Gasteiger partial charge in [-0.3, -0.25) is 0 Å². The van der Waals surface area contributed by atoms with Gasteiger partial charge < -0.3 is 5.11 Å². The zero-order chi connectivity index (χ0) is 10.8. The zero-order valence-electron chi connectivity index (χ0n) is 10.3. The second-order valence-corrected chi connectivity index (χ2v) is 6.04. The fourth-order valence-electron chi connectivity index (χ4n) is 3.86. The summed E-state index contributed by atoms with van der Waals surface area (Å²) in [4.78, 5) is 0. The largest absolute Gasteiger partial charge is 0.393 e. The highest BCUT2D eigenvalue weighted by Crippen LogP contribution is 2.42. The van der Waals surface area contributed by atoms with E-state index < -0.39 is 0 Å². The summed E-state index contributed by atoms with van der Waals surface area (Å²) < 4.78 is 0. The number of hydrogen-bond donors (Lipinski definition) is 1. The van der Waals surface area contributed by atoms with Crippen LogP contribution >= 0.6 is 0 Å². The van der Waals surface area contributed by atoms with Gasteiger partial charge in [0, 0.05) is 0 Å². The van der Waals surface area contributed by atoms with E-state index in [9.17, 15) is 5.11 Å². The first-order chi connectivity index (χ1) is 7.18. The molecule has 1 nitrogen and oxygen atoms in total. The van der Waals surface area contributed by atoms with Gasteiger partial charge in [0.05, 0.1) is 6.10 Å². The number of hydrogen-bond acceptors (Lipinski definition) is 1. The van der Waals surface area contributed by atoms with E-state index in [2.05, 4.69) is 13.8 Å². The molecule has 0 amide bonds. The van der Waals surface area contributed by atoms with Gasteiger partial charge in [0.15, 0.2) is 0 Å². The first-order valence-corrected chi connectivity index (χ1v) is 6.86. The van der Waals surface area contributed by atoms with E-state index in [0.717, 1.165) is 24.2 Å². The highest BCUT2D eigenvalue weighted by Gasteiger charge is 2.34. The summed E-state index contributed by atoms with van der Waals surface area (Å²) in [5.41, 5.74) is 0. The molecule has 0 saturated heterocycles. The van der Waals surface area contributed by atoms with E-state index in [-0.39, 0.29) is 6.10 Å². The first kappa shape index (κ1) is 11.4. The van der Waals surface area contributed by atoms with E-state index in [0.29, 0.717) is 5.92 Å². The molecule has 2 fully saturated rings. The molecule has 0 aromatic rings. The number of aliphatic hydroxyl groups excluding tert-OH is 1. The minimum atomic E-state index is -0.0138. The van der Waals surface area contributed by atoms with Crippen LogP contribution in [-0.4, -0.2) is 11.2 Å². The monoisotopic (exact) mass is 210 g/mol. The summed E-state index contributed by atoms with van der Waals surface area (Å²) in [6.07, 6.45) is 9.38. The fourth-order valence-corrected chi connectivity index (χ4v) is 3.86. The Bertz CT molecular complexity index is 202. The summed E-state index contributed by atoms with van der Waals surface area (Å²) in [6, 6.07) is 0. The molecule has 5 atom stereocenters. The molecule has 1 unspecified atom stereocenters. The highest BCUT2D eigenvalue weighted by molar-refractivity contribution is 4.85. The van der Waals surface area contributed by atoms with Crippen molar-refractivity contribution in [2.45, 2.75) is 64.9 Å². The van der Waals surface area contributed by atoms with Crippen LogP contribution in [-0.2, 0) is 0 Å². The van der Waals surface area contributed by atoms with E-state index in [4.69, 9.17) is 0 Å². The van der Waals surface area contributed by atoms with Gasteiger partial charge in [-0.15, -0.1) is 0 Å². The second kappa shape index (κ2) is 4.86. The Morgan fingerprint density at radius 2 is 1.60 bits per heavy atom. The van der Waals surface area contributed by atoms with Crippen LogP contribution in [0.5, 0.6) is 0 Å². The standard InChI is InChI=1S/C14H26O/c1-10-5-3-4-6-13(10)12-7-8-14(15)11(2)9-12/h10-15H,3-9H2,1-2H3/t10-,11-,12?,13+,14-/m0/s1. The summed E-state index contributed by atoms with van der Waals surface area (Å²) in [7, 11) is 0. The first-order valence-electron chi connectivity index (χ1n) is 6.86. The molecule has 2 aliphatic rings. The van der Waals surface area contributed by atoms with Gasteiger partial charge >= 0.3 is 0 Å². The van der Waals surface area contributed by atoms with E-state index >= 15 is 0 Å². The Morgan fingerprint density at radius 1 is 0.867 bits per heavy atom. The van der Waals surface area contributed by atoms with Gasteiger partial charge in [0.25, 0.3) is 0 Å². The lowest BCUT2D eigenvalue weighted by molar-refractivity contribution is 0.0251. The van der Waals surface area contributed by atoms with Crippen molar-refractivity contribution in [2.75, 3.05) is 0 Å². The van der Waals surface area contributed by atoms with Crippen LogP contribution in [0, 0.1) is 23.7 Å². The zero-order valence-corrected chi connectivity index (χ0v) is 10.3. The lowest BCUT2D eigenvalue weighted by atomic mass is 9.66. The molecule has 0 spiro atoms. The molecular weight excluding hydrogens is 184 g/mol. The van der Waals surface area contributed by atoms with Crippen LogP contribution in [0.3, 0.4) is 0 Å². The number of aliphatic hydroxyl groups is 1. The third-order valence-corrected chi connectivity index (χ3v) is 4.95. The quantitative estimate of drug-likeness (QED) is 0.701. The van der Waals surface area contributed by atoms with Crippen molar-refractivity contribution in [3.05, 3.63) is 0 Å². The Labute approximate surface area is 94.3 Å². The normalized spacial score (nSPS) is 47.8. The summed E-state index contributed by atoms with van der Waals surface area (Å²) in [6.45, 7) is 4.67. The summed E-state index contributed by atoms with van der Waals surface area (Å²) in [5.74, 6) is 3.36. The smallest absolute Gasteiger partial charge is 0.0566 e. The predicted molar refractivity (Wildman–Crippen MR) is 63.6 cm³/mol. The average Bonchev–Trinajstić information content (AvgIpc) is 2.23. The van der Waals surface area contributed by atoms with E-state index in [1.54, 1.807) is 0 Å². The maximum absolute atomic E-state index is 9.76. The van der Waals surface area contributed by atoms with Crippen molar-refractivity contribution in [2.24, 2.45) is 23.7 Å². The van der Waals surface area contributed by atoms with Crippen LogP contribution in [0.25, 0.3) is 0 Å². The third kappa shape index (κ3) is 2.55. The lowest BCUT2D eigenvalue weighted by Gasteiger charge is -2.40. The molecule has 0 bridgehead atoms. The van der Waals surface area contributed by atoms with E-state index in [1.165, 1.54) is 38.5 Å². The van der Waals surface area contributed by atoms with Gasteiger partial charge in [0.1, 0.15) is 0 Å². The molecule has 2 rings (SSSR count). The molecule has 1 N–H and O–H groups in total.